The van der Waals surface area contributed by atoms with Crippen LogP contribution in [0.4, 0.5) is 0 Å². The number of carboxylic acids is 1. The van der Waals surface area contributed by atoms with Crippen molar-refractivity contribution in [1.82, 2.24) is 4.90 Å². The van der Waals surface area contributed by atoms with Crippen LogP contribution in [0.15, 0.2) is 23.1 Å². The monoisotopic (exact) mass is 338 g/mol. The molecular formula is C14H12NO5S2-. The third kappa shape index (κ3) is 2.93. The van der Waals surface area contributed by atoms with Crippen molar-refractivity contribution < 1.29 is 24.5 Å². The molecule has 0 unspecified atom stereocenters. The SMILES string of the molecule is COc1cccc(/C=C2\SC(=S)N([C@H](C)C(=O)[O-])C2=O)c1O. The normalized spacial score (nSPS) is 17.9. The van der Waals surface area contributed by atoms with Gasteiger partial charge in [-0.15, -0.1) is 0 Å². The maximum Gasteiger partial charge on any atom is 0.266 e. The van der Waals surface area contributed by atoms with Crippen LogP contribution in [0.5, 0.6) is 11.5 Å². The van der Waals surface area contributed by atoms with E-state index in [-0.39, 0.29) is 20.7 Å². The van der Waals surface area contributed by atoms with Crippen LogP contribution in [0.1, 0.15) is 12.5 Å². The number of ether oxygens (including phenoxy) is 1. The third-order valence-electron chi connectivity index (χ3n) is 3.09. The minimum atomic E-state index is -1.39. The van der Waals surface area contributed by atoms with Crippen molar-refractivity contribution in [2.45, 2.75) is 13.0 Å². The van der Waals surface area contributed by atoms with Crippen LogP contribution >= 0.6 is 24.0 Å². The molecule has 22 heavy (non-hydrogen) atoms. The van der Waals surface area contributed by atoms with E-state index in [9.17, 15) is 19.8 Å². The molecule has 0 bridgehead atoms. The number of carbonyl (C=O) groups excluding carboxylic acids is 2. The van der Waals surface area contributed by atoms with Gasteiger partial charge in [0.1, 0.15) is 4.32 Å². The van der Waals surface area contributed by atoms with Crippen molar-refractivity contribution in [3.63, 3.8) is 0 Å². The number of thiocarbonyl (C=S) groups is 1. The highest BCUT2D eigenvalue weighted by molar-refractivity contribution is 8.26. The number of thioether (sulfide) groups is 1. The van der Waals surface area contributed by atoms with E-state index in [2.05, 4.69) is 0 Å². The molecule has 0 radical (unpaired) electrons. The summed E-state index contributed by atoms with van der Waals surface area (Å²) in [5, 5.41) is 21.0. The molecule has 1 amide bonds. The Morgan fingerprint density at radius 2 is 2.23 bits per heavy atom. The van der Waals surface area contributed by atoms with Gasteiger partial charge in [0.25, 0.3) is 5.91 Å². The molecule has 116 valence electrons. The van der Waals surface area contributed by atoms with Gasteiger partial charge in [0.15, 0.2) is 11.5 Å². The fraction of sp³-hybridized carbons (Fsp3) is 0.214. The number of aliphatic carboxylic acids is 1. The highest BCUT2D eigenvalue weighted by atomic mass is 32.2. The summed E-state index contributed by atoms with van der Waals surface area (Å²) in [5.74, 6) is -1.76. The molecule has 1 atom stereocenters. The summed E-state index contributed by atoms with van der Waals surface area (Å²) in [7, 11) is 1.42. The lowest BCUT2D eigenvalue weighted by atomic mass is 10.1. The lowest BCUT2D eigenvalue weighted by Gasteiger charge is -2.23. The number of phenolic OH excluding ortho intramolecular Hbond substituents is 1. The summed E-state index contributed by atoms with van der Waals surface area (Å²) < 4.78 is 5.13. The van der Waals surface area contributed by atoms with Gasteiger partial charge in [0.05, 0.1) is 24.0 Å². The van der Waals surface area contributed by atoms with Crippen molar-refractivity contribution in [3.05, 3.63) is 28.7 Å². The number of carboxylic acid groups (broad SMARTS) is 1. The Labute approximate surface area is 136 Å². The molecule has 1 aromatic rings. The highest BCUT2D eigenvalue weighted by Gasteiger charge is 2.36. The molecule has 1 saturated heterocycles. The van der Waals surface area contributed by atoms with E-state index in [0.717, 1.165) is 16.7 Å². The van der Waals surface area contributed by atoms with Crippen molar-refractivity contribution in [1.29, 1.82) is 0 Å². The molecule has 1 heterocycles. The first-order chi connectivity index (χ1) is 10.4. The van der Waals surface area contributed by atoms with Crippen LogP contribution in [0.2, 0.25) is 0 Å². The summed E-state index contributed by atoms with van der Waals surface area (Å²) in [6.07, 6.45) is 1.44. The molecule has 2 rings (SSSR count). The lowest BCUT2D eigenvalue weighted by molar-refractivity contribution is -0.309. The number of methoxy groups -OCH3 is 1. The van der Waals surface area contributed by atoms with Crippen molar-refractivity contribution in [2.24, 2.45) is 0 Å². The van der Waals surface area contributed by atoms with Gasteiger partial charge in [-0.05, 0) is 19.1 Å². The maximum absolute atomic E-state index is 12.3. The number of hydrogen-bond donors (Lipinski definition) is 1. The number of aromatic hydroxyl groups is 1. The zero-order chi connectivity index (χ0) is 16.4. The zero-order valence-electron chi connectivity index (χ0n) is 11.7. The van der Waals surface area contributed by atoms with Crippen LogP contribution in [0.3, 0.4) is 0 Å². The van der Waals surface area contributed by atoms with E-state index in [4.69, 9.17) is 17.0 Å². The minimum absolute atomic E-state index is 0.108. The van der Waals surface area contributed by atoms with Crippen molar-refractivity contribution in [3.8, 4) is 11.5 Å². The molecule has 1 aromatic carbocycles. The second kappa shape index (κ2) is 6.37. The smallest absolute Gasteiger partial charge is 0.266 e. The summed E-state index contributed by atoms with van der Waals surface area (Å²) >= 11 is 6.01. The van der Waals surface area contributed by atoms with Gasteiger partial charge in [-0.3, -0.25) is 9.69 Å². The molecular weight excluding hydrogens is 326 g/mol. The van der Waals surface area contributed by atoms with Crippen molar-refractivity contribution >= 4 is 46.3 Å². The number of para-hydroxylation sites is 1. The Morgan fingerprint density at radius 3 is 2.82 bits per heavy atom. The number of hydrogen-bond acceptors (Lipinski definition) is 7. The van der Waals surface area contributed by atoms with Crippen LogP contribution in [-0.2, 0) is 9.59 Å². The number of rotatable bonds is 4. The molecule has 0 spiro atoms. The van der Waals surface area contributed by atoms with Crippen molar-refractivity contribution in [2.75, 3.05) is 7.11 Å². The van der Waals surface area contributed by atoms with Gasteiger partial charge < -0.3 is 19.7 Å². The molecule has 1 fully saturated rings. The number of amides is 1. The molecule has 0 aromatic heterocycles. The molecule has 0 saturated carbocycles. The molecule has 0 aliphatic carbocycles. The van der Waals surface area contributed by atoms with Crippen LogP contribution in [0.25, 0.3) is 6.08 Å². The van der Waals surface area contributed by atoms with E-state index >= 15 is 0 Å². The predicted molar refractivity (Wildman–Crippen MR) is 84.1 cm³/mol. The molecule has 8 heteroatoms. The Morgan fingerprint density at radius 1 is 1.55 bits per heavy atom. The van der Waals surface area contributed by atoms with Crippen LogP contribution in [-0.4, -0.2) is 39.4 Å². The fourth-order valence-corrected chi connectivity index (χ4v) is 3.29. The van der Waals surface area contributed by atoms with E-state index in [0.29, 0.717) is 5.56 Å². The Kier molecular flexibility index (Phi) is 4.72. The van der Waals surface area contributed by atoms with Gasteiger partial charge >= 0.3 is 0 Å². The van der Waals surface area contributed by atoms with E-state index in [1.807, 2.05) is 0 Å². The van der Waals surface area contributed by atoms with Crippen LogP contribution in [0, 0.1) is 0 Å². The minimum Gasteiger partial charge on any atom is -0.548 e. The first-order valence-electron chi connectivity index (χ1n) is 6.20. The Balaban J connectivity index is 2.37. The average Bonchev–Trinajstić information content (AvgIpc) is 2.75. The number of carbonyl (C=O) groups is 2. The number of phenols is 1. The predicted octanol–water partition coefficient (Wildman–Crippen LogP) is 0.740. The highest BCUT2D eigenvalue weighted by Crippen LogP contribution is 2.37. The van der Waals surface area contributed by atoms with Gasteiger partial charge in [0.2, 0.25) is 0 Å². The number of nitrogens with zero attached hydrogens (tertiary/aromatic N) is 1. The largest absolute Gasteiger partial charge is 0.548 e. The summed E-state index contributed by atoms with van der Waals surface area (Å²) in [4.78, 5) is 24.4. The fourth-order valence-electron chi connectivity index (χ4n) is 1.88. The second-order valence-corrected chi connectivity index (χ2v) is 6.12. The quantitative estimate of drug-likeness (QED) is 0.640. The average molecular weight is 338 g/mol. The first-order valence-corrected chi connectivity index (χ1v) is 7.43. The van der Waals surface area contributed by atoms with E-state index in [1.165, 1.54) is 20.1 Å². The topological polar surface area (TPSA) is 89.9 Å². The zero-order valence-corrected chi connectivity index (χ0v) is 13.4. The maximum atomic E-state index is 12.3. The summed E-state index contributed by atoms with van der Waals surface area (Å²) in [6.45, 7) is 1.33. The van der Waals surface area contributed by atoms with Gasteiger partial charge in [-0.2, -0.15) is 0 Å². The van der Waals surface area contributed by atoms with Crippen LogP contribution < -0.4 is 9.84 Å². The molecule has 1 aliphatic heterocycles. The summed E-state index contributed by atoms with van der Waals surface area (Å²) in [5.41, 5.74) is 0.376. The lowest BCUT2D eigenvalue weighted by Crippen LogP contribution is -2.48. The third-order valence-corrected chi connectivity index (χ3v) is 4.42. The Bertz CT molecular complexity index is 686. The second-order valence-electron chi connectivity index (χ2n) is 4.44. The van der Waals surface area contributed by atoms with E-state index < -0.39 is 17.9 Å². The molecule has 6 nitrogen and oxygen atoms in total. The number of benzene rings is 1. The summed E-state index contributed by atoms with van der Waals surface area (Å²) in [6, 6.07) is 3.69. The van der Waals surface area contributed by atoms with Gasteiger partial charge in [0, 0.05) is 5.56 Å². The Hall–Kier alpha value is -2.06. The standard InChI is InChI=1S/C14H13NO5S2/c1-7(13(18)19)15-12(17)10(22-14(15)21)6-8-4-3-5-9(20-2)11(8)16/h3-7,16H,1-2H3,(H,18,19)/p-1/b10-6-/t7-/m1/s1. The van der Waals surface area contributed by atoms with Gasteiger partial charge in [-0.1, -0.05) is 36.1 Å². The molecule has 1 N–H and O–H groups in total. The van der Waals surface area contributed by atoms with Gasteiger partial charge in [-0.25, -0.2) is 0 Å². The molecule has 1 aliphatic rings. The first kappa shape index (κ1) is 16.3. The van der Waals surface area contributed by atoms with E-state index in [1.54, 1.807) is 18.2 Å².